The predicted octanol–water partition coefficient (Wildman–Crippen LogP) is 6.09. The quantitative estimate of drug-likeness (QED) is 0.281. The molecule has 0 aromatic heterocycles. The number of anilines is 1. The molecule has 0 saturated carbocycles. The van der Waals surface area contributed by atoms with Crippen LogP contribution in [0.2, 0.25) is 0 Å². The maximum absolute atomic E-state index is 13.6. The fraction of sp³-hybridized carbons (Fsp3) is 0.267. The fourth-order valence-corrected chi connectivity index (χ4v) is 3.88. The molecule has 4 nitrogen and oxygen atoms in total. The molecule has 0 aliphatic carbocycles. The molecule has 0 aliphatic rings. The maximum Gasteiger partial charge on any atom is 0.243 e. The normalized spacial score (nSPS) is 11.4. The Bertz CT molecular complexity index is 1020. The highest BCUT2D eigenvalue weighted by atomic mass is 16.2. The van der Waals surface area contributed by atoms with E-state index in [1.807, 2.05) is 97.1 Å². The lowest BCUT2D eigenvalue weighted by Gasteiger charge is -2.23. The maximum atomic E-state index is 13.6. The van der Waals surface area contributed by atoms with Crippen molar-refractivity contribution in [2.75, 3.05) is 18.5 Å². The molecule has 1 N–H and O–H groups in total. The van der Waals surface area contributed by atoms with Gasteiger partial charge in [0.25, 0.3) is 0 Å². The highest BCUT2D eigenvalue weighted by Gasteiger charge is 2.29. The minimum absolute atomic E-state index is 0.262. The highest BCUT2D eigenvalue weighted by molar-refractivity contribution is 6.10. The molecule has 0 spiro atoms. The van der Waals surface area contributed by atoms with E-state index >= 15 is 0 Å². The van der Waals surface area contributed by atoms with Crippen LogP contribution in [-0.2, 0) is 9.59 Å². The van der Waals surface area contributed by atoms with E-state index in [2.05, 4.69) is 12.2 Å². The third-order valence-electron chi connectivity index (χ3n) is 5.86. The largest absolute Gasteiger partial charge is 0.355 e. The molecule has 2 amide bonds. The molecule has 0 fully saturated rings. The Morgan fingerprint density at radius 3 is 1.85 bits per heavy atom. The van der Waals surface area contributed by atoms with Gasteiger partial charge in [0.15, 0.2) is 0 Å². The van der Waals surface area contributed by atoms with Crippen molar-refractivity contribution in [3.8, 4) is 0 Å². The minimum Gasteiger partial charge on any atom is -0.355 e. The number of carbonyl (C=O) groups excluding carboxylic acids is 2. The van der Waals surface area contributed by atoms with Crippen LogP contribution < -0.4 is 10.2 Å². The van der Waals surface area contributed by atoms with Crippen molar-refractivity contribution in [2.24, 2.45) is 5.92 Å². The summed E-state index contributed by atoms with van der Waals surface area (Å²) in [4.78, 5) is 28.5. The molecule has 1 unspecified atom stereocenters. The van der Waals surface area contributed by atoms with Crippen molar-refractivity contribution in [1.82, 2.24) is 5.32 Å². The number of hydrogen-bond acceptors (Lipinski definition) is 2. The summed E-state index contributed by atoms with van der Waals surface area (Å²) in [6.07, 6.45) is 6.06. The van der Waals surface area contributed by atoms with Crippen LogP contribution >= 0.6 is 0 Å². The van der Waals surface area contributed by atoms with E-state index in [9.17, 15) is 9.59 Å². The molecule has 0 heterocycles. The van der Waals surface area contributed by atoms with Gasteiger partial charge in [-0.2, -0.15) is 0 Å². The zero-order chi connectivity index (χ0) is 24.2. The number of nitrogens with one attached hydrogen (secondary N) is 1. The monoisotopic (exact) mass is 454 g/mol. The number of hydrogen-bond donors (Lipinski definition) is 1. The first kappa shape index (κ1) is 25.0. The van der Waals surface area contributed by atoms with Crippen LogP contribution in [0.1, 0.15) is 43.7 Å². The van der Waals surface area contributed by atoms with Gasteiger partial charge in [-0.1, -0.05) is 111 Å². The SMILES string of the molecule is CCCCCCNC(=O)C(C=C(c1ccccc1)c1ccccc1)C(=O)N(C)c1ccccc1. The van der Waals surface area contributed by atoms with Crippen LogP contribution in [-0.4, -0.2) is 25.4 Å². The second kappa shape index (κ2) is 13.1. The molecule has 0 saturated heterocycles. The summed E-state index contributed by atoms with van der Waals surface area (Å²) in [6, 6.07) is 29.2. The summed E-state index contributed by atoms with van der Waals surface area (Å²) in [6.45, 7) is 2.73. The van der Waals surface area contributed by atoms with Crippen LogP contribution in [0.5, 0.6) is 0 Å². The Kier molecular flexibility index (Phi) is 9.65. The van der Waals surface area contributed by atoms with Crippen molar-refractivity contribution in [2.45, 2.75) is 32.6 Å². The third-order valence-corrected chi connectivity index (χ3v) is 5.86. The first-order chi connectivity index (χ1) is 16.6. The second-order valence-electron chi connectivity index (χ2n) is 8.37. The third kappa shape index (κ3) is 6.92. The zero-order valence-electron chi connectivity index (χ0n) is 20.1. The molecule has 0 bridgehead atoms. The molecule has 3 aromatic carbocycles. The van der Waals surface area contributed by atoms with E-state index in [1.54, 1.807) is 11.9 Å². The molecular weight excluding hydrogens is 420 g/mol. The number of para-hydroxylation sites is 1. The van der Waals surface area contributed by atoms with Gasteiger partial charge in [-0.3, -0.25) is 9.59 Å². The molecule has 3 aromatic rings. The van der Waals surface area contributed by atoms with Crippen LogP contribution in [0.25, 0.3) is 5.57 Å². The minimum atomic E-state index is -0.952. The molecule has 34 heavy (non-hydrogen) atoms. The van der Waals surface area contributed by atoms with Gasteiger partial charge >= 0.3 is 0 Å². The van der Waals surface area contributed by atoms with Crippen LogP contribution in [0, 0.1) is 5.92 Å². The van der Waals surface area contributed by atoms with Gasteiger partial charge in [-0.05, 0) is 35.3 Å². The van der Waals surface area contributed by atoms with Gasteiger partial charge in [0.05, 0.1) is 0 Å². The number of unbranched alkanes of at least 4 members (excludes halogenated alkanes) is 3. The Morgan fingerprint density at radius 2 is 1.32 bits per heavy atom. The van der Waals surface area contributed by atoms with E-state index in [0.29, 0.717) is 6.54 Å². The molecule has 0 radical (unpaired) electrons. The van der Waals surface area contributed by atoms with Crippen molar-refractivity contribution in [3.05, 3.63) is 108 Å². The van der Waals surface area contributed by atoms with Crippen molar-refractivity contribution in [1.29, 1.82) is 0 Å². The number of carbonyl (C=O) groups is 2. The summed E-state index contributed by atoms with van der Waals surface area (Å²) in [5.41, 5.74) is 3.54. The second-order valence-corrected chi connectivity index (χ2v) is 8.37. The van der Waals surface area contributed by atoms with Gasteiger partial charge in [0.2, 0.25) is 11.8 Å². The van der Waals surface area contributed by atoms with Crippen LogP contribution in [0.3, 0.4) is 0 Å². The fourth-order valence-electron chi connectivity index (χ4n) is 3.88. The molecule has 3 rings (SSSR count). The van der Waals surface area contributed by atoms with Gasteiger partial charge in [0, 0.05) is 19.3 Å². The summed E-state index contributed by atoms with van der Waals surface area (Å²) < 4.78 is 0. The number of amides is 2. The topological polar surface area (TPSA) is 49.4 Å². The average Bonchev–Trinajstić information content (AvgIpc) is 2.90. The highest BCUT2D eigenvalue weighted by Crippen LogP contribution is 2.26. The first-order valence-corrected chi connectivity index (χ1v) is 12.0. The van der Waals surface area contributed by atoms with E-state index in [-0.39, 0.29) is 11.8 Å². The average molecular weight is 455 g/mol. The lowest BCUT2D eigenvalue weighted by Crippen LogP contribution is -2.42. The van der Waals surface area contributed by atoms with Crippen LogP contribution in [0.15, 0.2) is 97.1 Å². The Morgan fingerprint density at radius 1 is 0.794 bits per heavy atom. The van der Waals surface area contributed by atoms with Crippen molar-refractivity contribution < 1.29 is 9.59 Å². The van der Waals surface area contributed by atoms with Crippen molar-refractivity contribution in [3.63, 3.8) is 0 Å². The van der Waals surface area contributed by atoms with Gasteiger partial charge in [0.1, 0.15) is 5.92 Å². The zero-order valence-corrected chi connectivity index (χ0v) is 20.1. The van der Waals surface area contributed by atoms with Crippen LogP contribution in [0.4, 0.5) is 5.69 Å². The molecular formula is C30H34N2O2. The molecule has 4 heteroatoms. The lowest BCUT2D eigenvalue weighted by molar-refractivity contribution is -0.131. The van der Waals surface area contributed by atoms with Gasteiger partial charge < -0.3 is 10.2 Å². The Hall–Kier alpha value is -3.66. The first-order valence-electron chi connectivity index (χ1n) is 12.0. The molecule has 176 valence electrons. The Labute approximate surface area is 203 Å². The molecule has 0 aliphatic heterocycles. The predicted molar refractivity (Wildman–Crippen MR) is 140 cm³/mol. The number of nitrogens with zero attached hydrogens (tertiary/aromatic N) is 1. The standard InChI is InChI=1S/C30H34N2O2/c1-3-4-5-15-22-31-29(33)28(30(34)32(2)26-20-13-8-14-21-26)23-27(24-16-9-6-10-17-24)25-18-11-7-12-19-25/h6-14,16-21,23,28H,3-5,15,22H2,1-2H3,(H,31,33). The van der Waals surface area contributed by atoms with E-state index in [0.717, 1.165) is 48.1 Å². The Balaban J connectivity index is 1.97. The number of benzene rings is 3. The summed E-state index contributed by atoms with van der Waals surface area (Å²) >= 11 is 0. The summed E-state index contributed by atoms with van der Waals surface area (Å²) in [7, 11) is 1.72. The molecule has 1 atom stereocenters. The van der Waals surface area contributed by atoms with E-state index in [4.69, 9.17) is 0 Å². The number of rotatable bonds is 11. The van der Waals surface area contributed by atoms with Gasteiger partial charge in [-0.15, -0.1) is 0 Å². The lowest BCUT2D eigenvalue weighted by atomic mass is 9.92. The summed E-state index contributed by atoms with van der Waals surface area (Å²) in [5, 5.41) is 3.01. The van der Waals surface area contributed by atoms with Gasteiger partial charge in [-0.25, -0.2) is 0 Å². The van der Waals surface area contributed by atoms with Crippen molar-refractivity contribution >= 4 is 23.1 Å². The van der Waals surface area contributed by atoms with E-state index < -0.39 is 5.92 Å². The summed E-state index contributed by atoms with van der Waals surface area (Å²) in [5.74, 6) is -1.48. The van der Waals surface area contributed by atoms with E-state index in [1.165, 1.54) is 0 Å². The smallest absolute Gasteiger partial charge is 0.243 e.